The van der Waals surface area contributed by atoms with Gasteiger partial charge in [-0.15, -0.1) is 0 Å². The molecule has 0 saturated carbocycles. The van der Waals surface area contributed by atoms with Crippen molar-refractivity contribution in [2.75, 3.05) is 11.1 Å². The summed E-state index contributed by atoms with van der Waals surface area (Å²) in [7, 11) is 0. The number of benzene rings is 1. The van der Waals surface area contributed by atoms with Crippen LogP contribution in [0.4, 0.5) is 11.4 Å². The molecule has 0 bridgehead atoms. The van der Waals surface area contributed by atoms with E-state index in [9.17, 15) is 4.79 Å². The van der Waals surface area contributed by atoms with Crippen molar-refractivity contribution in [1.29, 1.82) is 0 Å². The number of aryl methyl sites for hydroxylation is 1. The van der Waals surface area contributed by atoms with E-state index in [0.717, 1.165) is 5.52 Å². The molecule has 7 heteroatoms. The zero-order chi connectivity index (χ0) is 15.0. The number of carbonyl (C=O) groups is 1. The van der Waals surface area contributed by atoms with Crippen LogP contribution >= 0.6 is 11.6 Å². The molecule has 0 fully saturated rings. The maximum atomic E-state index is 12.3. The second kappa shape index (κ2) is 5.06. The SMILES string of the molecule is Cc1nc(Cl)ccc1NC(=O)c1n[nH]c2ccc(N)cc12. The smallest absolute Gasteiger partial charge is 0.276 e. The van der Waals surface area contributed by atoms with Crippen LogP contribution in [-0.4, -0.2) is 21.1 Å². The number of nitrogens with zero attached hydrogens (tertiary/aromatic N) is 2. The quantitative estimate of drug-likeness (QED) is 0.501. The first-order valence-corrected chi connectivity index (χ1v) is 6.60. The fourth-order valence-electron chi connectivity index (χ4n) is 2.05. The van der Waals surface area contributed by atoms with E-state index in [1.807, 2.05) is 0 Å². The van der Waals surface area contributed by atoms with E-state index in [4.69, 9.17) is 17.3 Å². The molecule has 0 spiro atoms. The molecule has 2 heterocycles. The number of hydrogen-bond acceptors (Lipinski definition) is 4. The predicted molar refractivity (Wildman–Crippen MR) is 82.4 cm³/mol. The second-order valence-corrected chi connectivity index (χ2v) is 4.99. The molecular weight excluding hydrogens is 290 g/mol. The van der Waals surface area contributed by atoms with Gasteiger partial charge in [0.25, 0.3) is 5.91 Å². The van der Waals surface area contributed by atoms with Crippen molar-refractivity contribution >= 4 is 39.8 Å². The van der Waals surface area contributed by atoms with Crippen molar-refractivity contribution in [2.45, 2.75) is 6.92 Å². The fraction of sp³-hybridized carbons (Fsp3) is 0.0714. The Morgan fingerprint density at radius 1 is 1.33 bits per heavy atom. The Labute approximate surface area is 125 Å². The van der Waals surface area contributed by atoms with Crippen LogP contribution in [0.3, 0.4) is 0 Å². The Hall–Kier alpha value is -2.60. The van der Waals surface area contributed by atoms with Gasteiger partial charge in [-0.05, 0) is 37.3 Å². The lowest BCUT2D eigenvalue weighted by atomic mass is 10.2. The number of nitrogens with one attached hydrogen (secondary N) is 2. The number of hydrogen-bond donors (Lipinski definition) is 3. The van der Waals surface area contributed by atoms with Gasteiger partial charge in [0.15, 0.2) is 5.69 Å². The zero-order valence-corrected chi connectivity index (χ0v) is 11.9. The summed E-state index contributed by atoms with van der Waals surface area (Å²) in [6, 6.07) is 8.55. The number of nitrogens with two attached hydrogens (primary N) is 1. The maximum Gasteiger partial charge on any atom is 0.276 e. The highest BCUT2D eigenvalue weighted by Gasteiger charge is 2.15. The molecule has 1 amide bonds. The summed E-state index contributed by atoms with van der Waals surface area (Å²) in [5, 5.41) is 10.7. The van der Waals surface area contributed by atoms with Gasteiger partial charge in [-0.3, -0.25) is 9.89 Å². The van der Waals surface area contributed by atoms with Crippen molar-refractivity contribution in [3.05, 3.63) is 46.9 Å². The number of anilines is 2. The third kappa shape index (κ3) is 2.53. The van der Waals surface area contributed by atoms with Gasteiger partial charge in [-0.1, -0.05) is 11.6 Å². The molecule has 0 aliphatic carbocycles. The molecule has 3 aromatic rings. The minimum absolute atomic E-state index is 0.284. The van der Waals surface area contributed by atoms with E-state index < -0.39 is 0 Å². The molecule has 6 nitrogen and oxygen atoms in total. The van der Waals surface area contributed by atoms with Gasteiger partial charge in [0, 0.05) is 11.1 Å². The van der Waals surface area contributed by atoms with Gasteiger partial charge in [0.2, 0.25) is 0 Å². The number of pyridine rings is 1. The van der Waals surface area contributed by atoms with Crippen LogP contribution in [0.15, 0.2) is 30.3 Å². The molecule has 3 rings (SSSR count). The average molecular weight is 302 g/mol. The number of carbonyl (C=O) groups excluding carboxylic acids is 1. The molecule has 2 aromatic heterocycles. The molecule has 4 N–H and O–H groups in total. The molecular formula is C14H12ClN5O. The monoisotopic (exact) mass is 301 g/mol. The summed E-state index contributed by atoms with van der Waals surface area (Å²) in [6.45, 7) is 1.77. The number of halogens is 1. The molecule has 0 aliphatic rings. The maximum absolute atomic E-state index is 12.3. The number of aromatic amines is 1. The lowest BCUT2D eigenvalue weighted by Crippen LogP contribution is -2.14. The van der Waals surface area contributed by atoms with Crippen LogP contribution in [0.25, 0.3) is 10.9 Å². The summed E-state index contributed by atoms with van der Waals surface area (Å²) in [6.07, 6.45) is 0. The molecule has 106 valence electrons. The lowest BCUT2D eigenvalue weighted by Gasteiger charge is -2.06. The first-order valence-electron chi connectivity index (χ1n) is 6.22. The second-order valence-electron chi connectivity index (χ2n) is 4.60. The largest absolute Gasteiger partial charge is 0.399 e. The van der Waals surface area contributed by atoms with Crippen molar-refractivity contribution in [3.8, 4) is 0 Å². The summed E-state index contributed by atoms with van der Waals surface area (Å²) < 4.78 is 0. The summed E-state index contributed by atoms with van der Waals surface area (Å²) in [4.78, 5) is 16.4. The number of aromatic nitrogens is 3. The highest BCUT2D eigenvalue weighted by Crippen LogP contribution is 2.21. The molecule has 21 heavy (non-hydrogen) atoms. The fourth-order valence-corrected chi connectivity index (χ4v) is 2.24. The van der Waals surface area contributed by atoms with E-state index in [1.165, 1.54) is 0 Å². The van der Waals surface area contributed by atoms with Gasteiger partial charge in [-0.25, -0.2) is 4.98 Å². The summed E-state index contributed by atoms with van der Waals surface area (Å²) in [5.41, 5.74) is 8.58. The van der Waals surface area contributed by atoms with E-state index in [-0.39, 0.29) is 11.6 Å². The zero-order valence-electron chi connectivity index (χ0n) is 11.1. The Kier molecular flexibility index (Phi) is 3.23. The highest BCUT2D eigenvalue weighted by atomic mass is 35.5. The third-order valence-corrected chi connectivity index (χ3v) is 3.31. The number of amides is 1. The normalized spacial score (nSPS) is 10.8. The third-order valence-electron chi connectivity index (χ3n) is 3.10. The first-order chi connectivity index (χ1) is 10.0. The van der Waals surface area contributed by atoms with E-state index in [0.29, 0.717) is 27.6 Å². The van der Waals surface area contributed by atoms with Gasteiger partial charge >= 0.3 is 0 Å². The highest BCUT2D eigenvalue weighted by molar-refractivity contribution is 6.29. The number of rotatable bonds is 2. The molecule has 1 aromatic carbocycles. The van der Waals surface area contributed by atoms with Crippen LogP contribution in [0.1, 0.15) is 16.2 Å². The van der Waals surface area contributed by atoms with Gasteiger partial charge < -0.3 is 11.1 Å². The molecule has 0 saturated heterocycles. The summed E-state index contributed by atoms with van der Waals surface area (Å²) in [5.74, 6) is -0.334. The average Bonchev–Trinajstić information content (AvgIpc) is 2.85. The minimum atomic E-state index is -0.334. The van der Waals surface area contributed by atoms with Crippen molar-refractivity contribution in [3.63, 3.8) is 0 Å². The Bertz CT molecular complexity index is 842. The Morgan fingerprint density at radius 3 is 2.90 bits per heavy atom. The number of H-pyrrole nitrogens is 1. The van der Waals surface area contributed by atoms with Crippen molar-refractivity contribution < 1.29 is 4.79 Å². The number of fused-ring (bicyclic) bond motifs is 1. The number of nitrogen functional groups attached to an aromatic ring is 1. The van der Waals surface area contributed by atoms with Crippen LogP contribution in [0.5, 0.6) is 0 Å². The van der Waals surface area contributed by atoms with Crippen LogP contribution in [-0.2, 0) is 0 Å². The minimum Gasteiger partial charge on any atom is -0.399 e. The Balaban J connectivity index is 1.95. The van der Waals surface area contributed by atoms with Crippen molar-refractivity contribution in [1.82, 2.24) is 15.2 Å². The van der Waals surface area contributed by atoms with Crippen molar-refractivity contribution in [2.24, 2.45) is 0 Å². The predicted octanol–water partition coefficient (Wildman–Crippen LogP) is 2.75. The van der Waals surface area contributed by atoms with E-state index in [1.54, 1.807) is 37.3 Å². The van der Waals surface area contributed by atoms with Gasteiger partial charge in [0.05, 0.1) is 16.9 Å². The van der Waals surface area contributed by atoms with E-state index in [2.05, 4.69) is 20.5 Å². The summed E-state index contributed by atoms with van der Waals surface area (Å²) >= 11 is 5.79. The first kappa shape index (κ1) is 13.4. The topological polar surface area (TPSA) is 96.7 Å². The van der Waals surface area contributed by atoms with Crippen LogP contribution < -0.4 is 11.1 Å². The van der Waals surface area contributed by atoms with Crippen LogP contribution in [0, 0.1) is 6.92 Å². The molecule has 0 atom stereocenters. The van der Waals surface area contributed by atoms with Gasteiger partial charge in [-0.2, -0.15) is 5.10 Å². The lowest BCUT2D eigenvalue weighted by molar-refractivity contribution is 0.102. The van der Waals surface area contributed by atoms with Crippen LogP contribution in [0.2, 0.25) is 5.15 Å². The molecule has 0 aliphatic heterocycles. The standard InChI is InChI=1S/C14H12ClN5O/c1-7-10(4-5-12(15)17-7)18-14(21)13-9-6-8(16)2-3-11(9)19-20-13/h2-6H,16H2,1H3,(H,18,21)(H,19,20). The Morgan fingerprint density at radius 2 is 2.14 bits per heavy atom. The molecule has 0 unspecified atom stereocenters. The molecule has 0 radical (unpaired) electrons. The van der Waals surface area contributed by atoms with Gasteiger partial charge in [0.1, 0.15) is 5.15 Å². The van der Waals surface area contributed by atoms with E-state index >= 15 is 0 Å².